The van der Waals surface area contributed by atoms with Gasteiger partial charge in [0.1, 0.15) is 5.75 Å². The lowest BCUT2D eigenvalue weighted by atomic mass is 9.87. The van der Waals surface area contributed by atoms with Gasteiger partial charge in [0.2, 0.25) is 0 Å². The SMILES string of the molecule is CC(C)(C)c1ccc(OCC(=O)N/N=C\c2ccc(Cl)cc2)c(Br)c1. The smallest absolute Gasteiger partial charge is 0.277 e. The average molecular weight is 424 g/mol. The third-order valence-electron chi connectivity index (χ3n) is 3.43. The first kappa shape index (κ1) is 19.5. The fraction of sp³-hybridized carbons (Fsp3) is 0.263. The van der Waals surface area contributed by atoms with Gasteiger partial charge in [-0.3, -0.25) is 4.79 Å². The van der Waals surface area contributed by atoms with Gasteiger partial charge in [0, 0.05) is 5.02 Å². The number of hydrogen-bond donors (Lipinski definition) is 1. The molecule has 2 aromatic carbocycles. The third kappa shape index (κ3) is 6.18. The van der Waals surface area contributed by atoms with E-state index in [1.54, 1.807) is 18.3 Å². The van der Waals surface area contributed by atoms with Crippen molar-refractivity contribution < 1.29 is 9.53 Å². The molecule has 2 aromatic rings. The molecule has 4 nitrogen and oxygen atoms in total. The zero-order valence-electron chi connectivity index (χ0n) is 14.3. The van der Waals surface area contributed by atoms with Crippen molar-refractivity contribution in [2.75, 3.05) is 6.61 Å². The van der Waals surface area contributed by atoms with E-state index in [0.29, 0.717) is 10.8 Å². The normalized spacial score (nSPS) is 11.6. The van der Waals surface area contributed by atoms with Gasteiger partial charge in [-0.25, -0.2) is 5.43 Å². The second-order valence-electron chi connectivity index (χ2n) is 6.53. The predicted molar refractivity (Wildman–Crippen MR) is 106 cm³/mol. The van der Waals surface area contributed by atoms with Crippen LogP contribution in [0.1, 0.15) is 31.9 Å². The topological polar surface area (TPSA) is 50.7 Å². The van der Waals surface area contributed by atoms with Gasteiger partial charge < -0.3 is 4.74 Å². The Bertz CT molecular complexity index is 768. The van der Waals surface area contributed by atoms with Crippen LogP contribution in [0, 0.1) is 0 Å². The first-order chi connectivity index (χ1) is 11.8. The lowest BCUT2D eigenvalue weighted by Crippen LogP contribution is -2.24. The number of nitrogens with zero attached hydrogens (tertiary/aromatic N) is 1. The maximum atomic E-state index is 11.8. The molecule has 0 aliphatic rings. The second-order valence-corrected chi connectivity index (χ2v) is 7.82. The van der Waals surface area contributed by atoms with Gasteiger partial charge in [0.25, 0.3) is 5.91 Å². The van der Waals surface area contributed by atoms with Crippen molar-refractivity contribution >= 4 is 39.7 Å². The molecule has 1 amide bonds. The molecule has 0 aromatic heterocycles. The van der Waals surface area contributed by atoms with Gasteiger partial charge in [-0.05, 0) is 56.7 Å². The summed E-state index contributed by atoms with van der Waals surface area (Å²) < 4.78 is 6.35. The Kier molecular flexibility index (Phi) is 6.62. The van der Waals surface area contributed by atoms with Gasteiger partial charge in [-0.15, -0.1) is 0 Å². The Balaban J connectivity index is 1.86. The molecule has 0 saturated carbocycles. The Hall–Kier alpha value is -1.85. The number of halogens is 2. The Labute approximate surface area is 161 Å². The van der Waals surface area contributed by atoms with E-state index in [1.165, 1.54) is 5.56 Å². The number of nitrogens with one attached hydrogen (secondary N) is 1. The average Bonchev–Trinajstić information content (AvgIpc) is 2.54. The zero-order chi connectivity index (χ0) is 18.4. The van der Waals surface area contributed by atoms with Crippen LogP contribution >= 0.6 is 27.5 Å². The molecule has 0 saturated heterocycles. The van der Waals surface area contributed by atoms with Crippen LogP contribution in [0.4, 0.5) is 0 Å². The van der Waals surface area contributed by atoms with Crippen molar-refractivity contribution in [3.63, 3.8) is 0 Å². The number of rotatable bonds is 5. The van der Waals surface area contributed by atoms with Gasteiger partial charge in [0.15, 0.2) is 6.61 Å². The summed E-state index contributed by atoms with van der Waals surface area (Å²) in [6.45, 7) is 6.30. The Morgan fingerprint density at radius 3 is 2.52 bits per heavy atom. The summed E-state index contributed by atoms with van der Waals surface area (Å²) in [5.74, 6) is 0.279. The molecule has 0 radical (unpaired) electrons. The number of hydrogen-bond acceptors (Lipinski definition) is 3. The van der Waals surface area contributed by atoms with E-state index in [1.807, 2.05) is 30.3 Å². The van der Waals surface area contributed by atoms with Crippen LogP contribution < -0.4 is 10.2 Å². The summed E-state index contributed by atoms with van der Waals surface area (Å²) in [6.07, 6.45) is 1.54. The molecule has 0 aliphatic heterocycles. The molecule has 0 bridgehead atoms. The van der Waals surface area contributed by atoms with Crippen LogP contribution in [-0.4, -0.2) is 18.7 Å². The fourth-order valence-corrected chi connectivity index (χ4v) is 2.61. The number of carbonyl (C=O) groups is 1. The van der Waals surface area contributed by atoms with Gasteiger partial charge >= 0.3 is 0 Å². The monoisotopic (exact) mass is 422 g/mol. The zero-order valence-corrected chi connectivity index (χ0v) is 16.7. The largest absolute Gasteiger partial charge is 0.483 e. The van der Waals surface area contributed by atoms with Crippen LogP contribution in [0.15, 0.2) is 52.0 Å². The van der Waals surface area contributed by atoms with Crippen molar-refractivity contribution in [1.29, 1.82) is 0 Å². The van der Waals surface area contributed by atoms with Crippen LogP contribution in [-0.2, 0) is 10.2 Å². The standard InChI is InChI=1S/C19H20BrClN2O2/c1-19(2,3)14-6-9-17(16(20)10-14)25-12-18(24)23-22-11-13-4-7-15(21)8-5-13/h4-11H,12H2,1-3H3,(H,23,24)/b22-11-. The minimum atomic E-state index is -0.336. The molecule has 0 fully saturated rings. The number of ether oxygens (including phenoxy) is 1. The molecule has 0 unspecified atom stereocenters. The molecule has 132 valence electrons. The summed E-state index contributed by atoms with van der Waals surface area (Å²) in [5, 5.41) is 4.54. The Morgan fingerprint density at radius 2 is 1.92 bits per heavy atom. The number of hydrazone groups is 1. The first-order valence-electron chi connectivity index (χ1n) is 7.76. The first-order valence-corrected chi connectivity index (χ1v) is 8.93. The molecule has 2 rings (SSSR count). The number of carbonyl (C=O) groups excluding carboxylic acids is 1. The molecule has 25 heavy (non-hydrogen) atoms. The summed E-state index contributed by atoms with van der Waals surface area (Å²) in [5.41, 5.74) is 4.50. The summed E-state index contributed by atoms with van der Waals surface area (Å²) in [7, 11) is 0. The van der Waals surface area contributed by atoms with Crippen molar-refractivity contribution in [3.8, 4) is 5.75 Å². The highest BCUT2D eigenvalue weighted by molar-refractivity contribution is 9.10. The van der Waals surface area contributed by atoms with Gasteiger partial charge in [0.05, 0.1) is 10.7 Å². The van der Waals surface area contributed by atoms with Crippen LogP contribution in [0.3, 0.4) is 0 Å². The fourth-order valence-electron chi connectivity index (χ4n) is 1.99. The number of benzene rings is 2. The van der Waals surface area contributed by atoms with Gasteiger partial charge in [-0.1, -0.05) is 50.6 Å². The molecule has 0 spiro atoms. The van der Waals surface area contributed by atoms with E-state index >= 15 is 0 Å². The molecular weight excluding hydrogens is 404 g/mol. The number of amides is 1. The predicted octanol–water partition coefficient (Wildman–Crippen LogP) is 4.93. The van der Waals surface area contributed by atoms with E-state index in [0.717, 1.165) is 10.0 Å². The molecular formula is C19H20BrClN2O2. The van der Waals surface area contributed by atoms with Gasteiger partial charge in [-0.2, -0.15) is 5.10 Å². The minimum Gasteiger partial charge on any atom is -0.483 e. The van der Waals surface area contributed by atoms with Crippen molar-refractivity contribution in [2.45, 2.75) is 26.2 Å². The van der Waals surface area contributed by atoms with E-state index in [4.69, 9.17) is 16.3 Å². The molecule has 0 heterocycles. The van der Waals surface area contributed by atoms with E-state index in [-0.39, 0.29) is 17.9 Å². The quantitative estimate of drug-likeness (QED) is 0.547. The summed E-state index contributed by atoms with van der Waals surface area (Å²) >= 11 is 9.29. The summed E-state index contributed by atoms with van der Waals surface area (Å²) in [4.78, 5) is 11.8. The molecule has 6 heteroatoms. The minimum absolute atomic E-state index is 0.0504. The molecule has 1 N–H and O–H groups in total. The van der Waals surface area contributed by atoms with Crippen LogP contribution in [0.25, 0.3) is 0 Å². The van der Waals surface area contributed by atoms with E-state index in [9.17, 15) is 4.79 Å². The lowest BCUT2D eigenvalue weighted by Gasteiger charge is -2.20. The van der Waals surface area contributed by atoms with E-state index < -0.39 is 0 Å². The highest BCUT2D eigenvalue weighted by Crippen LogP contribution is 2.31. The molecule has 0 atom stereocenters. The second kappa shape index (κ2) is 8.50. The van der Waals surface area contributed by atoms with Crippen LogP contribution in [0.2, 0.25) is 5.02 Å². The highest BCUT2D eigenvalue weighted by atomic mass is 79.9. The maximum Gasteiger partial charge on any atom is 0.277 e. The van der Waals surface area contributed by atoms with Crippen molar-refractivity contribution in [1.82, 2.24) is 5.43 Å². The highest BCUT2D eigenvalue weighted by Gasteiger charge is 2.15. The van der Waals surface area contributed by atoms with Crippen molar-refractivity contribution in [3.05, 3.63) is 63.1 Å². The summed E-state index contributed by atoms with van der Waals surface area (Å²) in [6, 6.07) is 13.0. The molecule has 0 aliphatic carbocycles. The lowest BCUT2D eigenvalue weighted by molar-refractivity contribution is -0.123. The van der Waals surface area contributed by atoms with Crippen molar-refractivity contribution in [2.24, 2.45) is 5.10 Å². The van der Waals surface area contributed by atoms with E-state index in [2.05, 4.69) is 47.2 Å². The van der Waals surface area contributed by atoms with Crippen LogP contribution in [0.5, 0.6) is 5.75 Å². The third-order valence-corrected chi connectivity index (χ3v) is 4.30. The maximum absolute atomic E-state index is 11.8. The Morgan fingerprint density at radius 1 is 1.24 bits per heavy atom.